The molecule has 0 fully saturated rings. The summed E-state index contributed by atoms with van der Waals surface area (Å²) in [7, 11) is 1.89. The van der Waals surface area contributed by atoms with E-state index in [0.717, 1.165) is 28.2 Å². The van der Waals surface area contributed by atoms with Crippen LogP contribution in [0.5, 0.6) is 0 Å². The Hall–Kier alpha value is -3.21. The number of hydrogen-bond acceptors (Lipinski definition) is 4. The van der Waals surface area contributed by atoms with Gasteiger partial charge in [0.1, 0.15) is 6.33 Å². The average Bonchev–Trinajstić information content (AvgIpc) is 3.12. The van der Waals surface area contributed by atoms with Crippen molar-refractivity contribution in [2.24, 2.45) is 0 Å². The third-order valence-corrected chi connectivity index (χ3v) is 4.29. The summed E-state index contributed by atoms with van der Waals surface area (Å²) in [6.45, 7) is 6.33. The zero-order valence-electron chi connectivity index (χ0n) is 16.2. The fourth-order valence-electron chi connectivity index (χ4n) is 2.75. The third kappa shape index (κ3) is 4.94. The van der Waals surface area contributed by atoms with E-state index in [1.807, 2.05) is 42.8 Å². The molecule has 0 amide bonds. The summed E-state index contributed by atoms with van der Waals surface area (Å²) >= 11 is 0. The molecule has 0 aliphatic rings. The monoisotopic (exact) mass is 375 g/mol. The van der Waals surface area contributed by atoms with Gasteiger partial charge in [-0.05, 0) is 36.6 Å². The van der Waals surface area contributed by atoms with Crippen LogP contribution < -0.4 is 5.32 Å². The molecule has 5 heteroatoms. The van der Waals surface area contributed by atoms with Gasteiger partial charge in [-0.2, -0.15) is 0 Å². The highest BCUT2D eigenvalue weighted by atomic mass is 15.1. The highest BCUT2D eigenvalue weighted by Gasteiger charge is 2.06. The van der Waals surface area contributed by atoms with Crippen LogP contribution in [-0.4, -0.2) is 26.6 Å². The number of aromatic nitrogens is 4. The Labute approximate surface area is 167 Å². The summed E-state index contributed by atoms with van der Waals surface area (Å²) in [5.74, 6) is 1.45. The third-order valence-electron chi connectivity index (χ3n) is 4.29. The maximum atomic E-state index is 4.45. The van der Waals surface area contributed by atoms with Crippen LogP contribution in [0.3, 0.4) is 0 Å². The molecule has 1 N–H and O–H groups in total. The van der Waals surface area contributed by atoms with Crippen LogP contribution in [0.2, 0.25) is 0 Å². The van der Waals surface area contributed by atoms with Gasteiger partial charge in [0.05, 0.1) is 22.9 Å². The second kappa shape index (κ2) is 9.65. The molecule has 2 aromatic carbocycles. The number of aryl methyl sites for hydroxylation is 1. The van der Waals surface area contributed by atoms with E-state index >= 15 is 0 Å². The molecule has 5 nitrogen and oxygen atoms in total. The van der Waals surface area contributed by atoms with Gasteiger partial charge in [-0.1, -0.05) is 51.6 Å². The van der Waals surface area contributed by atoms with Gasteiger partial charge in [0.15, 0.2) is 5.82 Å². The second-order valence-corrected chi connectivity index (χ2v) is 6.65. The van der Waals surface area contributed by atoms with Gasteiger partial charge in [0.2, 0.25) is 0 Å². The van der Waals surface area contributed by atoms with Crippen molar-refractivity contribution in [3.05, 3.63) is 78.5 Å². The lowest BCUT2D eigenvalue weighted by Crippen LogP contribution is -1.98. The molecule has 28 heavy (non-hydrogen) atoms. The molecule has 146 valence electrons. The van der Waals surface area contributed by atoms with Crippen LogP contribution in [0.15, 0.2) is 67.3 Å². The van der Waals surface area contributed by atoms with Crippen LogP contribution in [0, 0.1) is 6.92 Å². The van der Waals surface area contributed by atoms with Crippen molar-refractivity contribution in [3.8, 4) is 5.82 Å². The first-order valence-electron chi connectivity index (χ1n) is 9.07. The summed E-state index contributed by atoms with van der Waals surface area (Å²) in [6, 6.07) is 16.6. The normalized spacial score (nSPS) is 10.2. The summed E-state index contributed by atoms with van der Waals surface area (Å²) < 4.78 is 1.94. The second-order valence-electron chi connectivity index (χ2n) is 6.65. The standard InChI is InChI=1S/C13H13N5.C9H12.CH4/c1-9-6-15-7-13(17-9)18-8-16-11-5-10(14-2)3-4-12(11)18;1-8(2)9-6-4-3-5-7-9;/h3-8,14H,1-2H3;3-8H,1-2H3;1H4. The summed E-state index contributed by atoms with van der Waals surface area (Å²) in [4.78, 5) is 13.0. The van der Waals surface area contributed by atoms with Crippen LogP contribution in [0.4, 0.5) is 5.69 Å². The molecule has 0 aliphatic heterocycles. The van der Waals surface area contributed by atoms with Gasteiger partial charge >= 0.3 is 0 Å². The van der Waals surface area contributed by atoms with Gasteiger partial charge in [0.25, 0.3) is 0 Å². The number of fused-ring (bicyclic) bond motifs is 1. The van der Waals surface area contributed by atoms with Crippen molar-refractivity contribution < 1.29 is 0 Å². The van der Waals surface area contributed by atoms with Crippen molar-refractivity contribution >= 4 is 16.7 Å². The Balaban J connectivity index is 0.000000239. The number of nitrogens with zero attached hydrogens (tertiary/aromatic N) is 4. The molecule has 4 aromatic rings. The van der Waals surface area contributed by atoms with Crippen molar-refractivity contribution in [3.63, 3.8) is 0 Å². The first-order valence-corrected chi connectivity index (χ1v) is 9.07. The van der Waals surface area contributed by atoms with Crippen molar-refractivity contribution in [1.82, 2.24) is 19.5 Å². The van der Waals surface area contributed by atoms with Crippen molar-refractivity contribution in [2.75, 3.05) is 12.4 Å². The fourth-order valence-corrected chi connectivity index (χ4v) is 2.75. The van der Waals surface area contributed by atoms with Crippen LogP contribution in [-0.2, 0) is 0 Å². The van der Waals surface area contributed by atoms with E-state index in [9.17, 15) is 0 Å². The Bertz CT molecular complexity index is 1010. The molecule has 2 heterocycles. The molecular formula is C23H29N5. The lowest BCUT2D eigenvalue weighted by atomic mass is 10.0. The molecule has 0 spiro atoms. The molecular weight excluding hydrogens is 346 g/mol. The maximum Gasteiger partial charge on any atom is 0.157 e. The summed E-state index contributed by atoms with van der Waals surface area (Å²) in [6.07, 6.45) is 5.25. The smallest absolute Gasteiger partial charge is 0.157 e. The number of hydrogen-bond donors (Lipinski definition) is 1. The maximum absolute atomic E-state index is 4.45. The number of imidazole rings is 1. The van der Waals surface area contributed by atoms with Gasteiger partial charge in [-0.3, -0.25) is 9.55 Å². The first kappa shape index (κ1) is 21.1. The molecule has 2 aromatic heterocycles. The van der Waals surface area contributed by atoms with E-state index in [2.05, 4.69) is 58.4 Å². The molecule has 0 saturated heterocycles. The van der Waals surface area contributed by atoms with E-state index in [4.69, 9.17) is 0 Å². The Morgan fingerprint density at radius 3 is 2.36 bits per heavy atom. The SMILES string of the molecule is C.CC(C)c1ccccc1.CNc1ccc2c(c1)ncn2-c1cncc(C)n1. The van der Waals surface area contributed by atoms with Crippen molar-refractivity contribution in [1.29, 1.82) is 0 Å². The summed E-state index contributed by atoms with van der Waals surface area (Å²) in [5.41, 5.74) is 5.31. The quantitative estimate of drug-likeness (QED) is 0.505. The van der Waals surface area contributed by atoms with Gasteiger partial charge in [-0.25, -0.2) is 9.97 Å². The van der Waals surface area contributed by atoms with E-state index in [0.29, 0.717) is 5.92 Å². The Morgan fingerprint density at radius 1 is 1.00 bits per heavy atom. The lowest BCUT2D eigenvalue weighted by molar-refractivity contribution is 0.867. The average molecular weight is 376 g/mol. The molecule has 0 atom stereocenters. The predicted molar refractivity (Wildman–Crippen MR) is 118 cm³/mol. The molecule has 4 rings (SSSR count). The Kier molecular flexibility index (Phi) is 7.27. The van der Waals surface area contributed by atoms with Crippen LogP contribution in [0.25, 0.3) is 16.9 Å². The molecule has 0 unspecified atom stereocenters. The van der Waals surface area contributed by atoms with Gasteiger partial charge in [0, 0.05) is 18.9 Å². The van der Waals surface area contributed by atoms with Gasteiger partial charge in [-0.15, -0.1) is 0 Å². The predicted octanol–water partition coefficient (Wildman–Crippen LogP) is 5.61. The first-order chi connectivity index (χ1) is 13.1. The lowest BCUT2D eigenvalue weighted by Gasteiger charge is -2.04. The minimum absolute atomic E-state index is 0. The van der Waals surface area contributed by atoms with E-state index in [1.54, 1.807) is 18.7 Å². The van der Waals surface area contributed by atoms with Crippen LogP contribution >= 0.6 is 0 Å². The highest BCUT2D eigenvalue weighted by molar-refractivity contribution is 5.80. The van der Waals surface area contributed by atoms with E-state index in [1.165, 1.54) is 5.56 Å². The minimum atomic E-state index is 0. The summed E-state index contributed by atoms with van der Waals surface area (Å²) in [5, 5.41) is 3.10. The largest absolute Gasteiger partial charge is 0.388 e. The minimum Gasteiger partial charge on any atom is -0.388 e. The zero-order chi connectivity index (χ0) is 19.2. The zero-order valence-corrected chi connectivity index (χ0v) is 16.2. The number of rotatable bonds is 3. The molecule has 0 aliphatic carbocycles. The van der Waals surface area contributed by atoms with Crippen LogP contribution in [0.1, 0.15) is 38.4 Å². The Morgan fingerprint density at radius 2 is 1.75 bits per heavy atom. The molecule has 0 bridgehead atoms. The van der Waals surface area contributed by atoms with Gasteiger partial charge < -0.3 is 5.32 Å². The fraction of sp³-hybridized carbons (Fsp3) is 0.261. The number of benzene rings is 2. The molecule has 0 saturated carbocycles. The number of nitrogens with one attached hydrogen (secondary N) is 1. The molecule has 0 radical (unpaired) electrons. The van der Waals surface area contributed by atoms with E-state index < -0.39 is 0 Å². The highest BCUT2D eigenvalue weighted by Crippen LogP contribution is 2.20. The van der Waals surface area contributed by atoms with Crippen molar-refractivity contribution in [2.45, 2.75) is 34.1 Å². The number of anilines is 1. The topological polar surface area (TPSA) is 55.6 Å². The van der Waals surface area contributed by atoms with E-state index in [-0.39, 0.29) is 7.43 Å².